The Morgan fingerprint density at radius 2 is 2.06 bits per heavy atom. The lowest BCUT2D eigenvalue weighted by molar-refractivity contribution is 0.0508. The molecule has 1 atom stereocenters. The van der Waals surface area contributed by atoms with Crippen LogP contribution >= 0.6 is 15.9 Å². The van der Waals surface area contributed by atoms with Crippen LogP contribution in [0.3, 0.4) is 0 Å². The van der Waals surface area contributed by atoms with E-state index in [0.29, 0.717) is 13.1 Å². The van der Waals surface area contributed by atoms with Gasteiger partial charge in [-0.1, -0.05) is 22.5 Å². The smallest absolute Gasteiger partial charge is 0.407 e. The highest BCUT2D eigenvalue weighted by Crippen LogP contribution is 2.06. The molecule has 1 amide bonds. The zero-order valence-electron chi connectivity index (χ0n) is 10.4. The number of carbonyl (C=O) groups is 1. The van der Waals surface area contributed by atoms with Crippen LogP contribution in [0.5, 0.6) is 0 Å². The van der Waals surface area contributed by atoms with E-state index < -0.39 is 5.60 Å². The second kappa shape index (κ2) is 6.91. The van der Waals surface area contributed by atoms with Crippen molar-refractivity contribution in [2.24, 2.45) is 0 Å². The van der Waals surface area contributed by atoms with Gasteiger partial charge in [0.05, 0.1) is 0 Å². The third-order valence-corrected chi connectivity index (χ3v) is 1.81. The van der Waals surface area contributed by atoms with Crippen molar-refractivity contribution in [1.29, 1.82) is 0 Å². The fraction of sp³-hybridized carbons (Fsp3) is 0.727. The van der Waals surface area contributed by atoms with Crippen LogP contribution < -0.4 is 10.6 Å². The first-order valence-corrected chi connectivity index (χ1v) is 6.03. The Balaban J connectivity index is 3.74. The first-order valence-electron chi connectivity index (χ1n) is 5.24. The lowest BCUT2D eigenvalue weighted by Gasteiger charge is -2.22. The van der Waals surface area contributed by atoms with Crippen LogP contribution in [-0.2, 0) is 4.74 Å². The summed E-state index contributed by atoms with van der Waals surface area (Å²) in [6, 6.07) is 0.0155. The van der Waals surface area contributed by atoms with Crippen LogP contribution in [0.25, 0.3) is 0 Å². The Morgan fingerprint density at radius 1 is 1.50 bits per heavy atom. The van der Waals surface area contributed by atoms with Gasteiger partial charge in [-0.25, -0.2) is 4.79 Å². The Hall–Kier alpha value is -0.550. The molecule has 4 nitrogen and oxygen atoms in total. The number of carbonyl (C=O) groups excluding carboxylic acids is 1. The highest BCUT2D eigenvalue weighted by atomic mass is 79.9. The molecule has 16 heavy (non-hydrogen) atoms. The Morgan fingerprint density at radius 3 is 2.50 bits per heavy atom. The minimum absolute atomic E-state index is 0.0155. The van der Waals surface area contributed by atoms with Crippen LogP contribution in [0.2, 0.25) is 0 Å². The van der Waals surface area contributed by atoms with Gasteiger partial charge in [-0.15, -0.1) is 0 Å². The highest BCUT2D eigenvalue weighted by Gasteiger charge is 2.17. The zero-order chi connectivity index (χ0) is 12.8. The first-order chi connectivity index (χ1) is 7.20. The maximum absolute atomic E-state index is 11.4. The molecular weight excluding hydrogens is 272 g/mol. The second-order valence-electron chi connectivity index (χ2n) is 4.70. The SMILES string of the molecule is C=C(Br)CNC[C@@H](C)NC(=O)OC(C)(C)C. The van der Waals surface area contributed by atoms with Gasteiger partial charge >= 0.3 is 6.09 Å². The van der Waals surface area contributed by atoms with Gasteiger partial charge in [-0.05, 0) is 27.7 Å². The van der Waals surface area contributed by atoms with E-state index in [4.69, 9.17) is 4.74 Å². The Labute approximate surface area is 106 Å². The predicted octanol–water partition coefficient (Wildman–Crippen LogP) is 2.40. The van der Waals surface area contributed by atoms with Gasteiger partial charge in [0.25, 0.3) is 0 Å². The summed E-state index contributed by atoms with van der Waals surface area (Å²) in [5.41, 5.74) is -0.457. The van der Waals surface area contributed by atoms with Gasteiger partial charge in [0.1, 0.15) is 5.60 Å². The molecular formula is C11H21BrN2O2. The lowest BCUT2D eigenvalue weighted by Crippen LogP contribution is -2.42. The maximum atomic E-state index is 11.4. The first kappa shape index (κ1) is 15.4. The number of alkyl carbamates (subject to hydrolysis) is 1. The maximum Gasteiger partial charge on any atom is 0.407 e. The molecule has 0 saturated carbocycles. The quantitative estimate of drug-likeness (QED) is 0.818. The van der Waals surface area contributed by atoms with Gasteiger partial charge in [0, 0.05) is 23.6 Å². The molecule has 0 rings (SSSR count). The molecule has 0 aliphatic rings. The molecule has 0 heterocycles. The van der Waals surface area contributed by atoms with E-state index in [1.54, 1.807) is 0 Å². The third kappa shape index (κ3) is 9.98. The Kier molecular flexibility index (Phi) is 6.67. The predicted molar refractivity (Wildman–Crippen MR) is 69.8 cm³/mol. The summed E-state index contributed by atoms with van der Waals surface area (Å²) in [5, 5.41) is 5.88. The van der Waals surface area contributed by atoms with Crippen LogP contribution in [0.1, 0.15) is 27.7 Å². The van der Waals surface area contributed by atoms with E-state index in [1.807, 2.05) is 27.7 Å². The highest BCUT2D eigenvalue weighted by molar-refractivity contribution is 9.11. The van der Waals surface area contributed by atoms with Crippen LogP contribution in [0.4, 0.5) is 4.79 Å². The van der Waals surface area contributed by atoms with Crippen LogP contribution in [-0.4, -0.2) is 30.8 Å². The number of amides is 1. The second-order valence-corrected chi connectivity index (χ2v) is 5.82. The van der Waals surface area contributed by atoms with E-state index in [2.05, 4.69) is 33.1 Å². The van der Waals surface area contributed by atoms with Crippen molar-refractivity contribution in [2.75, 3.05) is 13.1 Å². The van der Waals surface area contributed by atoms with Crippen molar-refractivity contribution in [3.8, 4) is 0 Å². The molecule has 0 fully saturated rings. The zero-order valence-corrected chi connectivity index (χ0v) is 12.0. The summed E-state index contributed by atoms with van der Waals surface area (Å²) in [7, 11) is 0. The van der Waals surface area contributed by atoms with Crippen molar-refractivity contribution in [3.05, 3.63) is 11.1 Å². The normalized spacial score (nSPS) is 13.1. The molecule has 0 aromatic heterocycles. The van der Waals surface area contributed by atoms with Crippen molar-refractivity contribution in [1.82, 2.24) is 10.6 Å². The van der Waals surface area contributed by atoms with Crippen molar-refractivity contribution in [2.45, 2.75) is 39.3 Å². The summed E-state index contributed by atoms with van der Waals surface area (Å²) in [6.07, 6.45) is -0.389. The van der Waals surface area contributed by atoms with E-state index in [-0.39, 0.29) is 12.1 Å². The van der Waals surface area contributed by atoms with Crippen molar-refractivity contribution in [3.63, 3.8) is 0 Å². The summed E-state index contributed by atoms with van der Waals surface area (Å²) >= 11 is 3.25. The van der Waals surface area contributed by atoms with Gasteiger partial charge in [-0.3, -0.25) is 0 Å². The number of ether oxygens (including phenoxy) is 1. The summed E-state index contributed by atoms with van der Waals surface area (Å²) in [5.74, 6) is 0. The number of hydrogen-bond donors (Lipinski definition) is 2. The molecule has 0 radical (unpaired) electrons. The fourth-order valence-corrected chi connectivity index (χ4v) is 1.18. The van der Waals surface area contributed by atoms with Crippen molar-refractivity contribution < 1.29 is 9.53 Å². The molecule has 0 spiro atoms. The van der Waals surface area contributed by atoms with E-state index >= 15 is 0 Å². The minimum Gasteiger partial charge on any atom is -0.444 e. The molecule has 0 saturated heterocycles. The molecule has 2 N–H and O–H groups in total. The average molecular weight is 293 g/mol. The molecule has 0 aliphatic heterocycles. The fourth-order valence-electron chi connectivity index (χ4n) is 0.984. The number of nitrogens with one attached hydrogen (secondary N) is 2. The van der Waals surface area contributed by atoms with Gasteiger partial charge in [0.15, 0.2) is 0 Å². The molecule has 5 heteroatoms. The third-order valence-electron chi connectivity index (χ3n) is 1.53. The molecule has 0 aromatic rings. The topological polar surface area (TPSA) is 50.4 Å². The summed E-state index contributed by atoms with van der Waals surface area (Å²) < 4.78 is 6.02. The van der Waals surface area contributed by atoms with Gasteiger partial charge in [0.2, 0.25) is 0 Å². The molecule has 0 aromatic carbocycles. The molecule has 0 unspecified atom stereocenters. The van der Waals surface area contributed by atoms with Crippen LogP contribution in [0, 0.1) is 0 Å². The number of hydrogen-bond acceptors (Lipinski definition) is 3. The average Bonchev–Trinajstić information content (AvgIpc) is 1.98. The molecule has 0 aliphatic carbocycles. The monoisotopic (exact) mass is 292 g/mol. The minimum atomic E-state index is -0.457. The van der Waals surface area contributed by atoms with Crippen LogP contribution in [0.15, 0.2) is 11.1 Å². The van der Waals surface area contributed by atoms with E-state index in [1.165, 1.54) is 0 Å². The Bertz CT molecular complexity index is 249. The summed E-state index contributed by atoms with van der Waals surface area (Å²) in [4.78, 5) is 11.4. The standard InChI is InChI=1S/C11H21BrN2O2/c1-8(12)6-13-7-9(2)14-10(15)16-11(3,4)5/h9,13H,1,6-7H2,2-5H3,(H,14,15)/t9-/m1/s1. The van der Waals surface area contributed by atoms with E-state index in [0.717, 1.165) is 4.48 Å². The largest absolute Gasteiger partial charge is 0.444 e. The lowest BCUT2D eigenvalue weighted by atomic mass is 10.2. The number of rotatable bonds is 5. The van der Waals surface area contributed by atoms with Crippen molar-refractivity contribution >= 4 is 22.0 Å². The van der Waals surface area contributed by atoms with E-state index in [9.17, 15) is 4.79 Å². The van der Waals surface area contributed by atoms with Gasteiger partial charge < -0.3 is 15.4 Å². The number of halogens is 1. The summed E-state index contributed by atoms with van der Waals surface area (Å²) in [6.45, 7) is 12.5. The molecule has 94 valence electrons. The van der Waals surface area contributed by atoms with Gasteiger partial charge in [-0.2, -0.15) is 0 Å². The molecule has 0 bridgehead atoms.